The lowest BCUT2D eigenvalue weighted by Crippen LogP contribution is -2.33. The molecule has 0 saturated carbocycles. The molecule has 2 aromatic rings. The van der Waals surface area contributed by atoms with Crippen LogP contribution in [-0.4, -0.2) is 35.5 Å². The number of aromatic nitrogens is 2. The number of carbonyl (C=O) groups is 1. The molecule has 0 bridgehead atoms. The SMILES string of the molecule is CC[C@H]1C[C@H](C(=O)Nc2ccnn2Cc2ccc(OC)cc2)CCO1. The van der Waals surface area contributed by atoms with Gasteiger partial charge in [-0.15, -0.1) is 0 Å². The summed E-state index contributed by atoms with van der Waals surface area (Å²) in [6.45, 7) is 3.34. The second kappa shape index (κ2) is 8.16. The van der Waals surface area contributed by atoms with E-state index >= 15 is 0 Å². The number of methoxy groups -OCH3 is 1. The minimum absolute atomic E-state index is 0.00281. The average molecular weight is 343 g/mol. The molecular weight excluding hydrogens is 318 g/mol. The molecule has 1 saturated heterocycles. The monoisotopic (exact) mass is 343 g/mol. The van der Waals surface area contributed by atoms with E-state index in [2.05, 4.69) is 17.3 Å². The first-order valence-corrected chi connectivity index (χ1v) is 8.76. The van der Waals surface area contributed by atoms with Gasteiger partial charge in [0.15, 0.2) is 0 Å². The Bertz CT molecular complexity index is 696. The van der Waals surface area contributed by atoms with Gasteiger partial charge in [-0.05, 0) is 37.0 Å². The molecule has 0 spiro atoms. The Hall–Kier alpha value is -2.34. The van der Waals surface area contributed by atoms with Gasteiger partial charge in [-0.3, -0.25) is 4.79 Å². The number of hydrogen-bond donors (Lipinski definition) is 1. The third-order valence-electron chi connectivity index (χ3n) is 4.65. The van der Waals surface area contributed by atoms with Crippen molar-refractivity contribution < 1.29 is 14.3 Å². The summed E-state index contributed by atoms with van der Waals surface area (Å²) >= 11 is 0. The maximum Gasteiger partial charge on any atom is 0.228 e. The lowest BCUT2D eigenvalue weighted by Gasteiger charge is -2.28. The average Bonchev–Trinajstić information content (AvgIpc) is 3.09. The van der Waals surface area contributed by atoms with E-state index in [1.54, 1.807) is 18.0 Å². The Balaban J connectivity index is 1.63. The van der Waals surface area contributed by atoms with Gasteiger partial charge in [0, 0.05) is 18.6 Å². The standard InChI is InChI=1S/C19H25N3O3/c1-3-16-12-15(9-11-25-16)19(23)21-18-8-10-20-22(18)13-14-4-6-17(24-2)7-5-14/h4-8,10,15-16H,3,9,11-13H2,1-2H3,(H,21,23)/t15-,16+/m1/s1. The molecule has 0 unspecified atom stereocenters. The van der Waals surface area contributed by atoms with Crippen molar-refractivity contribution in [3.8, 4) is 5.75 Å². The molecule has 0 aliphatic carbocycles. The molecule has 1 aromatic heterocycles. The van der Waals surface area contributed by atoms with Crippen molar-refractivity contribution in [2.45, 2.75) is 38.8 Å². The second-order valence-corrected chi connectivity index (χ2v) is 6.33. The molecule has 1 aromatic carbocycles. The predicted molar refractivity (Wildman–Crippen MR) is 95.7 cm³/mol. The second-order valence-electron chi connectivity index (χ2n) is 6.33. The van der Waals surface area contributed by atoms with E-state index in [-0.39, 0.29) is 17.9 Å². The van der Waals surface area contributed by atoms with Crippen LogP contribution in [0.15, 0.2) is 36.5 Å². The summed E-state index contributed by atoms with van der Waals surface area (Å²) in [5.74, 6) is 1.60. The maximum atomic E-state index is 12.6. The van der Waals surface area contributed by atoms with Crippen LogP contribution in [0.1, 0.15) is 31.7 Å². The molecule has 134 valence electrons. The molecule has 1 N–H and O–H groups in total. The van der Waals surface area contributed by atoms with Crippen molar-refractivity contribution in [3.05, 3.63) is 42.1 Å². The highest BCUT2D eigenvalue weighted by Crippen LogP contribution is 2.24. The van der Waals surface area contributed by atoms with Gasteiger partial charge in [0.1, 0.15) is 11.6 Å². The van der Waals surface area contributed by atoms with Gasteiger partial charge in [-0.25, -0.2) is 4.68 Å². The molecular formula is C19H25N3O3. The van der Waals surface area contributed by atoms with Crippen LogP contribution in [0.5, 0.6) is 5.75 Å². The summed E-state index contributed by atoms with van der Waals surface area (Å²) in [7, 11) is 1.65. The Morgan fingerprint density at radius 1 is 1.36 bits per heavy atom. The van der Waals surface area contributed by atoms with E-state index in [0.717, 1.165) is 36.4 Å². The predicted octanol–water partition coefficient (Wildman–Crippen LogP) is 3.08. The van der Waals surface area contributed by atoms with E-state index in [4.69, 9.17) is 9.47 Å². The molecule has 2 heterocycles. The third-order valence-corrected chi connectivity index (χ3v) is 4.65. The minimum Gasteiger partial charge on any atom is -0.497 e. The maximum absolute atomic E-state index is 12.6. The summed E-state index contributed by atoms with van der Waals surface area (Å²) < 4.78 is 12.6. The van der Waals surface area contributed by atoms with Crippen molar-refractivity contribution in [2.75, 3.05) is 19.0 Å². The van der Waals surface area contributed by atoms with Crippen molar-refractivity contribution in [1.82, 2.24) is 9.78 Å². The smallest absolute Gasteiger partial charge is 0.228 e. The number of anilines is 1. The van der Waals surface area contributed by atoms with Crippen molar-refractivity contribution in [2.24, 2.45) is 5.92 Å². The molecule has 0 radical (unpaired) electrons. The van der Waals surface area contributed by atoms with Crippen molar-refractivity contribution >= 4 is 11.7 Å². The zero-order valence-corrected chi connectivity index (χ0v) is 14.8. The molecule has 1 amide bonds. The number of nitrogens with zero attached hydrogens (tertiary/aromatic N) is 2. The van der Waals surface area contributed by atoms with Crippen LogP contribution in [0.25, 0.3) is 0 Å². The van der Waals surface area contributed by atoms with Gasteiger partial charge in [-0.2, -0.15) is 5.10 Å². The van der Waals surface area contributed by atoms with Crippen LogP contribution in [0, 0.1) is 5.92 Å². The highest BCUT2D eigenvalue weighted by Gasteiger charge is 2.27. The number of amides is 1. The number of benzene rings is 1. The number of nitrogens with one attached hydrogen (secondary N) is 1. The summed E-state index contributed by atoms with van der Waals surface area (Å²) in [6.07, 6.45) is 4.40. The van der Waals surface area contributed by atoms with Crippen molar-refractivity contribution in [1.29, 1.82) is 0 Å². The van der Waals surface area contributed by atoms with E-state index in [0.29, 0.717) is 13.2 Å². The van der Waals surface area contributed by atoms with Crippen LogP contribution in [0.3, 0.4) is 0 Å². The van der Waals surface area contributed by atoms with Crippen molar-refractivity contribution in [3.63, 3.8) is 0 Å². The first-order chi connectivity index (χ1) is 12.2. The molecule has 1 fully saturated rings. The first-order valence-electron chi connectivity index (χ1n) is 8.76. The minimum atomic E-state index is 0.00281. The van der Waals surface area contributed by atoms with Crippen LogP contribution in [0.4, 0.5) is 5.82 Å². The summed E-state index contributed by atoms with van der Waals surface area (Å²) in [6, 6.07) is 9.67. The first kappa shape index (κ1) is 17.5. The van der Waals surface area contributed by atoms with Gasteiger partial charge >= 0.3 is 0 Å². The van der Waals surface area contributed by atoms with E-state index < -0.39 is 0 Å². The van der Waals surface area contributed by atoms with Gasteiger partial charge in [0.2, 0.25) is 5.91 Å². The Morgan fingerprint density at radius 3 is 2.88 bits per heavy atom. The summed E-state index contributed by atoms with van der Waals surface area (Å²) in [5, 5.41) is 7.36. The quantitative estimate of drug-likeness (QED) is 0.875. The lowest BCUT2D eigenvalue weighted by molar-refractivity contribution is -0.124. The Labute approximate surface area is 148 Å². The number of carbonyl (C=O) groups excluding carboxylic acids is 1. The van der Waals surface area contributed by atoms with Crippen LogP contribution < -0.4 is 10.1 Å². The van der Waals surface area contributed by atoms with E-state index in [1.165, 1.54) is 0 Å². The van der Waals surface area contributed by atoms with Crippen LogP contribution in [0.2, 0.25) is 0 Å². The largest absolute Gasteiger partial charge is 0.497 e. The van der Waals surface area contributed by atoms with Gasteiger partial charge in [0.05, 0.1) is 26.0 Å². The van der Waals surface area contributed by atoms with Gasteiger partial charge in [-0.1, -0.05) is 19.1 Å². The highest BCUT2D eigenvalue weighted by atomic mass is 16.5. The third kappa shape index (κ3) is 4.39. The molecule has 3 rings (SSSR count). The lowest BCUT2D eigenvalue weighted by atomic mass is 9.93. The Kier molecular flexibility index (Phi) is 5.71. The van der Waals surface area contributed by atoms with E-state index in [9.17, 15) is 4.79 Å². The fourth-order valence-electron chi connectivity index (χ4n) is 3.10. The normalized spacial score (nSPS) is 20.2. The van der Waals surface area contributed by atoms with E-state index in [1.807, 2.05) is 30.3 Å². The highest BCUT2D eigenvalue weighted by molar-refractivity contribution is 5.91. The molecule has 1 aliphatic rings. The zero-order valence-electron chi connectivity index (χ0n) is 14.8. The fourth-order valence-corrected chi connectivity index (χ4v) is 3.10. The number of rotatable bonds is 6. The number of ether oxygens (including phenoxy) is 2. The van der Waals surface area contributed by atoms with Gasteiger partial charge < -0.3 is 14.8 Å². The van der Waals surface area contributed by atoms with Crippen LogP contribution in [-0.2, 0) is 16.1 Å². The molecule has 6 nitrogen and oxygen atoms in total. The topological polar surface area (TPSA) is 65.4 Å². The number of hydrogen-bond acceptors (Lipinski definition) is 4. The van der Waals surface area contributed by atoms with Crippen LogP contribution >= 0.6 is 0 Å². The molecule has 6 heteroatoms. The Morgan fingerprint density at radius 2 is 2.16 bits per heavy atom. The molecule has 25 heavy (non-hydrogen) atoms. The fraction of sp³-hybridized carbons (Fsp3) is 0.474. The molecule has 2 atom stereocenters. The summed E-state index contributed by atoms with van der Waals surface area (Å²) in [4.78, 5) is 12.6. The zero-order chi connectivity index (χ0) is 17.6. The molecule has 1 aliphatic heterocycles. The van der Waals surface area contributed by atoms with Gasteiger partial charge in [0.25, 0.3) is 0 Å². The summed E-state index contributed by atoms with van der Waals surface area (Å²) in [5.41, 5.74) is 1.09.